The van der Waals surface area contributed by atoms with Crippen LogP contribution in [-0.2, 0) is 5.60 Å². The monoisotopic (exact) mass is 518 g/mol. The number of carbonyl (C=O) groups excluding carboxylic acids is 1. The predicted molar refractivity (Wildman–Crippen MR) is 129 cm³/mol. The van der Waals surface area contributed by atoms with Gasteiger partial charge in [-0.1, -0.05) is 18.6 Å². The highest BCUT2D eigenvalue weighted by Gasteiger charge is 2.48. The highest BCUT2D eigenvalue weighted by molar-refractivity contribution is 5.93. The largest absolute Gasteiger partial charge is 0.443 e. The lowest BCUT2D eigenvalue weighted by molar-refractivity contribution is 0.0697. The highest BCUT2D eigenvalue weighted by Crippen LogP contribution is 2.46. The third-order valence-electron chi connectivity index (χ3n) is 6.40. The molecule has 0 unspecified atom stereocenters. The average molecular weight is 519 g/mol. The molecule has 3 aromatic rings. The van der Waals surface area contributed by atoms with Gasteiger partial charge in [0.25, 0.3) is 12.3 Å². The number of nitrogens with one attached hydrogen (secondary N) is 1. The fourth-order valence-corrected chi connectivity index (χ4v) is 3.76. The first-order chi connectivity index (χ1) is 17.6. The Kier molecular flexibility index (Phi) is 7.72. The summed E-state index contributed by atoms with van der Waals surface area (Å²) in [5.41, 5.74) is 1.99. The molecule has 0 saturated heterocycles. The molecule has 3 heterocycles. The van der Waals surface area contributed by atoms with Gasteiger partial charge in [0.15, 0.2) is 23.5 Å². The standard InChI is InChI=1S/C19H25F2N3O3.C7H4FNO/c1-4-11(2)9-22-13-5-8-24(10-12(13)3)17(25)15-14(16(20)21)23-18(27-15)19(26)6-7-19;8-5-2-1-3-6-7(5)9-4-10-6/h9,16,22,26H,4-8,10H2,1-3H3;1-4H. The summed E-state index contributed by atoms with van der Waals surface area (Å²) in [6.45, 7) is 6.72. The van der Waals surface area contributed by atoms with Crippen LogP contribution in [0, 0.1) is 5.82 Å². The first kappa shape index (κ1) is 26.5. The third kappa shape index (κ3) is 5.87. The Morgan fingerprint density at radius 1 is 1.35 bits per heavy atom. The van der Waals surface area contributed by atoms with Crippen molar-refractivity contribution in [2.24, 2.45) is 0 Å². The molecule has 0 spiro atoms. The number of carbonyl (C=O) groups is 1. The SMILES string of the molecule is CCC(C)=CNC1=C(C)CN(C(=O)c2oc(C3(O)CC3)nc2C(F)F)CC1.Fc1cccc2ocnc12. The van der Waals surface area contributed by atoms with Crippen LogP contribution >= 0.6 is 0 Å². The Hall–Kier alpha value is -3.60. The van der Waals surface area contributed by atoms with Crippen molar-refractivity contribution in [2.45, 2.75) is 58.5 Å². The van der Waals surface area contributed by atoms with Crippen LogP contribution in [0.3, 0.4) is 0 Å². The number of hydrogen-bond acceptors (Lipinski definition) is 7. The van der Waals surface area contributed by atoms with E-state index in [1.165, 1.54) is 22.9 Å². The number of aliphatic hydroxyl groups is 1. The number of fused-ring (bicyclic) bond motifs is 1. The zero-order valence-corrected chi connectivity index (χ0v) is 20.9. The van der Waals surface area contributed by atoms with E-state index in [0.717, 1.165) is 17.7 Å². The van der Waals surface area contributed by atoms with Crippen LogP contribution in [0.2, 0.25) is 0 Å². The van der Waals surface area contributed by atoms with Crippen molar-refractivity contribution in [3.8, 4) is 0 Å². The number of halogens is 3. The maximum absolute atomic E-state index is 13.3. The summed E-state index contributed by atoms with van der Waals surface area (Å²) in [4.78, 5) is 21.6. The molecule has 37 heavy (non-hydrogen) atoms. The molecule has 0 radical (unpaired) electrons. The summed E-state index contributed by atoms with van der Waals surface area (Å²) in [6, 6.07) is 4.61. The number of nitrogens with zero attached hydrogens (tertiary/aromatic N) is 3. The second kappa shape index (κ2) is 10.8. The maximum Gasteiger partial charge on any atom is 0.292 e. The number of benzene rings is 1. The van der Waals surface area contributed by atoms with E-state index in [9.17, 15) is 23.1 Å². The van der Waals surface area contributed by atoms with E-state index >= 15 is 0 Å². The van der Waals surface area contributed by atoms with Crippen molar-refractivity contribution in [3.63, 3.8) is 0 Å². The molecule has 1 saturated carbocycles. The van der Waals surface area contributed by atoms with Gasteiger partial charge in [-0.2, -0.15) is 0 Å². The molecule has 1 amide bonds. The molecule has 0 atom stereocenters. The van der Waals surface area contributed by atoms with Crippen molar-refractivity contribution in [3.05, 3.63) is 70.8 Å². The van der Waals surface area contributed by atoms with Crippen molar-refractivity contribution in [1.82, 2.24) is 20.2 Å². The first-order valence-corrected chi connectivity index (χ1v) is 12.0. The summed E-state index contributed by atoms with van der Waals surface area (Å²) in [5.74, 6) is -1.61. The van der Waals surface area contributed by atoms with Gasteiger partial charge in [0.05, 0.1) is 0 Å². The van der Waals surface area contributed by atoms with Gasteiger partial charge in [-0.15, -0.1) is 0 Å². The number of amides is 1. The Morgan fingerprint density at radius 2 is 2.11 bits per heavy atom. The molecule has 198 valence electrons. The lowest BCUT2D eigenvalue weighted by atomic mass is 10.1. The van der Waals surface area contributed by atoms with E-state index in [0.29, 0.717) is 43.5 Å². The molecular weight excluding hydrogens is 489 g/mol. The fraction of sp³-hybridized carbons (Fsp3) is 0.423. The molecule has 2 aromatic heterocycles. The Labute approximate surface area is 211 Å². The Bertz CT molecular complexity index is 1340. The van der Waals surface area contributed by atoms with Gasteiger partial charge >= 0.3 is 0 Å². The van der Waals surface area contributed by atoms with Crippen LogP contribution in [0.5, 0.6) is 0 Å². The summed E-state index contributed by atoms with van der Waals surface area (Å²) in [6.07, 6.45) is 2.58. The van der Waals surface area contributed by atoms with Gasteiger partial charge in [0, 0.05) is 25.2 Å². The minimum atomic E-state index is -2.94. The van der Waals surface area contributed by atoms with E-state index in [2.05, 4.69) is 22.2 Å². The predicted octanol–water partition coefficient (Wildman–Crippen LogP) is 5.58. The quantitative estimate of drug-likeness (QED) is 0.439. The minimum Gasteiger partial charge on any atom is -0.443 e. The van der Waals surface area contributed by atoms with Crippen molar-refractivity contribution in [1.29, 1.82) is 0 Å². The van der Waals surface area contributed by atoms with Crippen LogP contribution in [0.15, 0.2) is 56.5 Å². The normalized spacial score (nSPS) is 17.2. The lowest BCUT2D eigenvalue weighted by Gasteiger charge is -2.29. The van der Waals surface area contributed by atoms with E-state index in [1.807, 2.05) is 20.0 Å². The molecule has 11 heteroatoms. The smallest absolute Gasteiger partial charge is 0.292 e. The van der Waals surface area contributed by atoms with Gasteiger partial charge in [-0.3, -0.25) is 4.79 Å². The van der Waals surface area contributed by atoms with Crippen molar-refractivity contribution < 1.29 is 31.9 Å². The van der Waals surface area contributed by atoms with E-state index in [-0.39, 0.29) is 11.7 Å². The summed E-state index contributed by atoms with van der Waals surface area (Å²) >= 11 is 0. The average Bonchev–Trinajstić information content (AvgIpc) is 3.27. The van der Waals surface area contributed by atoms with Gasteiger partial charge < -0.3 is 24.2 Å². The first-order valence-electron chi connectivity index (χ1n) is 12.0. The van der Waals surface area contributed by atoms with Crippen molar-refractivity contribution in [2.75, 3.05) is 13.1 Å². The number of allylic oxidation sites excluding steroid dienone is 1. The van der Waals surface area contributed by atoms with E-state index in [1.54, 1.807) is 12.1 Å². The second-order valence-corrected chi connectivity index (χ2v) is 9.23. The molecule has 8 nitrogen and oxygen atoms in total. The number of hydrogen-bond donors (Lipinski definition) is 2. The lowest BCUT2D eigenvalue weighted by Crippen LogP contribution is -2.38. The highest BCUT2D eigenvalue weighted by atomic mass is 19.3. The minimum absolute atomic E-state index is 0.187. The zero-order chi connectivity index (χ0) is 26.7. The Balaban J connectivity index is 0.000000265. The zero-order valence-electron chi connectivity index (χ0n) is 20.9. The van der Waals surface area contributed by atoms with Crippen LogP contribution < -0.4 is 5.32 Å². The van der Waals surface area contributed by atoms with Gasteiger partial charge in [-0.25, -0.2) is 23.1 Å². The molecule has 2 N–H and O–H groups in total. The maximum atomic E-state index is 13.3. The number of aromatic nitrogens is 2. The Morgan fingerprint density at radius 3 is 2.73 bits per heavy atom. The van der Waals surface area contributed by atoms with Gasteiger partial charge in [0.2, 0.25) is 11.7 Å². The van der Waals surface area contributed by atoms with Crippen LogP contribution in [-0.4, -0.2) is 39.0 Å². The molecule has 1 aromatic carbocycles. The molecular formula is C26H29F3N4O4. The number of para-hydroxylation sites is 1. The third-order valence-corrected chi connectivity index (χ3v) is 6.40. The molecule has 1 aliphatic heterocycles. The molecule has 5 rings (SSSR count). The van der Waals surface area contributed by atoms with Crippen LogP contribution in [0.4, 0.5) is 13.2 Å². The molecule has 2 aliphatic rings. The summed E-state index contributed by atoms with van der Waals surface area (Å²) < 4.78 is 49.5. The van der Waals surface area contributed by atoms with E-state index < -0.39 is 29.4 Å². The number of alkyl halides is 2. The topological polar surface area (TPSA) is 105 Å². The molecule has 1 aliphatic carbocycles. The number of rotatable bonds is 6. The summed E-state index contributed by atoms with van der Waals surface area (Å²) in [5, 5.41) is 13.3. The van der Waals surface area contributed by atoms with Gasteiger partial charge in [0.1, 0.15) is 11.1 Å². The molecule has 1 fully saturated rings. The van der Waals surface area contributed by atoms with Gasteiger partial charge in [-0.05, 0) is 57.0 Å². The van der Waals surface area contributed by atoms with Crippen LogP contribution in [0.25, 0.3) is 11.1 Å². The van der Waals surface area contributed by atoms with E-state index in [4.69, 9.17) is 8.83 Å². The van der Waals surface area contributed by atoms with Crippen LogP contribution in [0.1, 0.15) is 75.0 Å². The molecule has 0 bridgehead atoms. The number of oxazole rings is 2. The van der Waals surface area contributed by atoms with Crippen molar-refractivity contribution >= 4 is 17.0 Å². The summed E-state index contributed by atoms with van der Waals surface area (Å²) in [7, 11) is 0. The fourth-order valence-electron chi connectivity index (χ4n) is 3.76. The second-order valence-electron chi connectivity index (χ2n) is 9.23.